The lowest BCUT2D eigenvalue weighted by Gasteiger charge is -2.09. The van der Waals surface area contributed by atoms with Gasteiger partial charge >= 0.3 is 0 Å². The van der Waals surface area contributed by atoms with E-state index in [0.29, 0.717) is 0 Å². The number of nitrogens with one attached hydrogen (secondary N) is 1. The van der Waals surface area contributed by atoms with E-state index in [1.54, 1.807) is 0 Å². The third-order valence-electron chi connectivity index (χ3n) is 3.46. The van der Waals surface area contributed by atoms with Crippen molar-refractivity contribution >= 4 is 17.4 Å². The maximum atomic E-state index is 13.6. The molecule has 23 heavy (non-hydrogen) atoms. The van der Waals surface area contributed by atoms with Crippen molar-refractivity contribution in [3.05, 3.63) is 64.0 Å². The van der Waals surface area contributed by atoms with Crippen molar-refractivity contribution in [3.8, 4) is 0 Å². The molecule has 1 heterocycles. The van der Waals surface area contributed by atoms with Crippen LogP contribution in [0.5, 0.6) is 0 Å². The summed E-state index contributed by atoms with van der Waals surface area (Å²) in [4.78, 5) is 22.6. The molecule has 0 atom stereocenters. The summed E-state index contributed by atoms with van der Waals surface area (Å²) in [5, 5.41) is 2.25. The number of amides is 1. The molecule has 1 N–H and O–H groups in total. The number of ketones is 1. The van der Waals surface area contributed by atoms with Gasteiger partial charge in [-0.15, -0.1) is 0 Å². The summed E-state index contributed by atoms with van der Waals surface area (Å²) >= 11 is 0. The smallest absolute Gasteiger partial charge is 0.296 e. The first-order valence-electron chi connectivity index (χ1n) is 6.30. The minimum Gasteiger partial charge on any atom is -0.318 e. The Morgan fingerprint density at radius 1 is 0.826 bits per heavy atom. The van der Waals surface area contributed by atoms with Gasteiger partial charge in [0.15, 0.2) is 23.3 Å². The average Bonchev–Trinajstić information content (AvgIpc) is 2.82. The zero-order valence-electron chi connectivity index (χ0n) is 11.1. The van der Waals surface area contributed by atoms with Gasteiger partial charge in [0.25, 0.3) is 11.7 Å². The number of benzene rings is 2. The molecular formula is C15H6F5NO2. The predicted octanol–water partition coefficient (Wildman–Crippen LogP) is 3.11. The second-order valence-electron chi connectivity index (χ2n) is 4.89. The minimum atomic E-state index is -2.23. The minimum absolute atomic E-state index is 0.0798. The van der Waals surface area contributed by atoms with Crippen molar-refractivity contribution in [1.82, 2.24) is 0 Å². The summed E-state index contributed by atoms with van der Waals surface area (Å²) in [7, 11) is 0. The number of anilines is 1. The maximum Gasteiger partial charge on any atom is 0.296 e. The first-order valence-corrected chi connectivity index (χ1v) is 6.30. The second-order valence-corrected chi connectivity index (χ2v) is 4.89. The molecule has 0 fully saturated rings. The highest BCUT2D eigenvalue weighted by Gasteiger charge is 2.29. The molecule has 3 rings (SSSR count). The molecule has 1 aliphatic heterocycles. The zero-order valence-corrected chi connectivity index (χ0v) is 11.1. The quantitative estimate of drug-likeness (QED) is 0.399. The molecule has 1 aliphatic rings. The van der Waals surface area contributed by atoms with E-state index >= 15 is 0 Å². The van der Waals surface area contributed by atoms with Gasteiger partial charge in [-0.05, 0) is 17.7 Å². The number of carbonyl (C=O) groups excluding carboxylic acids is 2. The van der Waals surface area contributed by atoms with Gasteiger partial charge < -0.3 is 5.32 Å². The lowest BCUT2D eigenvalue weighted by Crippen LogP contribution is -2.12. The number of fused-ring (bicyclic) bond motifs is 1. The topological polar surface area (TPSA) is 46.2 Å². The average molecular weight is 327 g/mol. The highest BCUT2D eigenvalue weighted by molar-refractivity contribution is 6.51. The Bertz CT molecular complexity index is 850. The van der Waals surface area contributed by atoms with E-state index in [9.17, 15) is 31.5 Å². The molecule has 0 radical (unpaired) electrons. The Balaban J connectivity index is 2.03. The Morgan fingerprint density at radius 3 is 2.00 bits per heavy atom. The third kappa shape index (κ3) is 2.26. The molecule has 2 aromatic carbocycles. The molecule has 8 heteroatoms. The zero-order chi connectivity index (χ0) is 16.9. The molecule has 0 saturated carbocycles. The molecule has 0 bridgehead atoms. The number of carbonyl (C=O) groups is 2. The molecule has 0 unspecified atom stereocenters. The van der Waals surface area contributed by atoms with Crippen molar-refractivity contribution < 1.29 is 31.5 Å². The van der Waals surface area contributed by atoms with Crippen LogP contribution in [0.1, 0.15) is 21.5 Å². The van der Waals surface area contributed by atoms with Gasteiger partial charge in [0.2, 0.25) is 5.82 Å². The van der Waals surface area contributed by atoms with E-state index in [2.05, 4.69) is 5.32 Å². The van der Waals surface area contributed by atoms with E-state index in [1.807, 2.05) is 0 Å². The first-order chi connectivity index (χ1) is 10.8. The van der Waals surface area contributed by atoms with Gasteiger partial charge in [0, 0.05) is 12.0 Å². The summed E-state index contributed by atoms with van der Waals surface area (Å²) in [6.07, 6.45) is -0.594. The molecule has 2 aromatic rings. The Kier molecular flexibility index (Phi) is 3.39. The monoisotopic (exact) mass is 327 g/mol. The van der Waals surface area contributed by atoms with Crippen LogP contribution in [-0.4, -0.2) is 11.7 Å². The largest absolute Gasteiger partial charge is 0.318 e. The SMILES string of the molecule is O=C1Nc2cc(Cc3c(F)c(F)c(F)c(F)c3F)ccc2C1=O. The number of rotatable bonds is 2. The van der Waals surface area contributed by atoms with E-state index in [4.69, 9.17) is 0 Å². The van der Waals surface area contributed by atoms with Gasteiger partial charge in [-0.2, -0.15) is 0 Å². The number of hydrogen-bond donors (Lipinski definition) is 1. The van der Waals surface area contributed by atoms with Crippen LogP contribution in [0.3, 0.4) is 0 Å². The highest BCUT2D eigenvalue weighted by Crippen LogP contribution is 2.28. The number of Topliss-reactive ketones (excluding diaryl/α,β-unsaturated/α-hetero) is 1. The lowest BCUT2D eigenvalue weighted by molar-refractivity contribution is -0.112. The van der Waals surface area contributed by atoms with Crippen molar-refractivity contribution in [2.24, 2.45) is 0 Å². The summed E-state index contributed by atoms with van der Waals surface area (Å²) < 4.78 is 66.6. The first kappa shape index (κ1) is 15.1. The predicted molar refractivity (Wildman–Crippen MR) is 68.4 cm³/mol. The summed E-state index contributed by atoms with van der Waals surface area (Å²) in [6, 6.07) is 3.77. The van der Waals surface area contributed by atoms with Gasteiger partial charge in [0.05, 0.1) is 11.3 Å². The standard InChI is InChI=1S/C15H6F5NO2/c16-9-7(10(17)12(19)13(20)11(9)18)3-5-1-2-6-8(4-5)21-15(23)14(6)22/h1-2,4H,3H2,(H,21,22,23). The van der Waals surface area contributed by atoms with Crippen molar-refractivity contribution in [2.45, 2.75) is 6.42 Å². The fourth-order valence-electron chi connectivity index (χ4n) is 2.31. The fourth-order valence-corrected chi connectivity index (χ4v) is 2.31. The Morgan fingerprint density at radius 2 is 1.39 bits per heavy atom. The number of hydrogen-bond acceptors (Lipinski definition) is 2. The molecule has 0 saturated heterocycles. The van der Waals surface area contributed by atoms with Crippen LogP contribution in [0.4, 0.5) is 27.6 Å². The second kappa shape index (κ2) is 5.15. The van der Waals surface area contributed by atoms with E-state index in [0.717, 1.165) is 0 Å². The van der Waals surface area contributed by atoms with Crippen LogP contribution in [0, 0.1) is 29.1 Å². The van der Waals surface area contributed by atoms with Crippen LogP contribution >= 0.6 is 0 Å². The van der Waals surface area contributed by atoms with E-state index in [-0.39, 0.29) is 16.8 Å². The molecule has 0 spiro atoms. The van der Waals surface area contributed by atoms with Crippen molar-refractivity contribution in [3.63, 3.8) is 0 Å². The van der Waals surface area contributed by atoms with Crippen LogP contribution in [0.25, 0.3) is 0 Å². The summed E-state index contributed by atoms with van der Waals surface area (Å²) in [5.41, 5.74) is -0.614. The van der Waals surface area contributed by atoms with Crippen LogP contribution in [0.2, 0.25) is 0 Å². The van der Waals surface area contributed by atoms with E-state index in [1.165, 1.54) is 18.2 Å². The third-order valence-corrected chi connectivity index (χ3v) is 3.46. The molecule has 118 valence electrons. The van der Waals surface area contributed by atoms with Crippen LogP contribution < -0.4 is 5.32 Å². The van der Waals surface area contributed by atoms with Crippen LogP contribution in [-0.2, 0) is 11.2 Å². The molecule has 0 aliphatic carbocycles. The van der Waals surface area contributed by atoms with Crippen molar-refractivity contribution in [1.29, 1.82) is 0 Å². The van der Waals surface area contributed by atoms with Crippen LogP contribution in [0.15, 0.2) is 18.2 Å². The van der Waals surface area contributed by atoms with Gasteiger partial charge in [-0.3, -0.25) is 9.59 Å². The Labute approximate surface area is 125 Å². The molecule has 1 amide bonds. The fraction of sp³-hybridized carbons (Fsp3) is 0.0667. The van der Waals surface area contributed by atoms with Gasteiger partial charge in [-0.1, -0.05) is 6.07 Å². The molecule has 3 nitrogen and oxygen atoms in total. The molecule has 0 aromatic heterocycles. The summed E-state index contributed by atoms with van der Waals surface area (Å²) in [6.45, 7) is 0. The maximum absolute atomic E-state index is 13.6. The van der Waals surface area contributed by atoms with E-state index < -0.39 is 52.8 Å². The van der Waals surface area contributed by atoms with Gasteiger partial charge in [-0.25, -0.2) is 22.0 Å². The van der Waals surface area contributed by atoms with Gasteiger partial charge in [0.1, 0.15) is 0 Å². The lowest BCUT2D eigenvalue weighted by atomic mass is 10.0. The normalized spacial score (nSPS) is 13.3. The van der Waals surface area contributed by atoms with Crippen molar-refractivity contribution in [2.75, 3.05) is 5.32 Å². The Hall–Kier alpha value is -2.77. The molecular weight excluding hydrogens is 321 g/mol. The highest BCUT2D eigenvalue weighted by atomic mass is 19.2. The number of halogens is 5. The summed E-state index contributed by atoms with van der Waals surface area (Å²) in [5.74, 6) is -11.7.